The van der Waals surface area contributed by atoms with Crippen LogP contribution < -0.4 is 10.2 Å². The minimum atomic E-state index is 0.924. The van der Waals surface area contributed by atoms with Crippen LogP contribution in [0, 0.1) is 6.92 Å². The van der Waals surface area contributed by atoms with Crippen molar-refractivity contribution in [3.05, 3.63) is 11.8 Å². The van der Waals surface area contributed by atoms with Crippen LogP contribution in [0.25, 0.3) is 0 Å². The lowest BCUT2D eigenvalue weighted by molar-refractivity contribution is 0.748. The van der Waals surface area contributed by atoms with Crippen LogP contribution in [0.1, 0.15) is 5.69 Å². The Morgan fingerprint density at radius 1 is 1.57 bits per heavy atom. The van der Waals surface area contributed by atoms with Crippen molar-refractivity contribution < 1.29 is 0 Å². The second-order valence-corrected chi connectivity index (χ2v) is 3.39. The van der Waals surface area contributed by atoms with Crippen molar-refractivity contribution in [2.24, 2.45) is 12.0 Å². The van der Waals surface area contributed by atoms with Crippen LogP contribution in [0.3, 0.4) is 0 Å². The van der Waals surface area contributed by atoms with Crippen molar-refractivity contribution in [3.63, 3.8) is 0 Å². The first-order valence-electron chi connectivity index (χ1n) is 4.71. The molecule has 14 heavy (non-hydrogen) atoms. The van der Waals surface area contributed by atoms with Crippen LogP contribution in [-0.2, 0) is 7.05 Å². The number of aromatic nitrogens is 2. The lowest BCUT2D eigenvalue weighted by atomic mass is 10.4. The molecule has 1 aromatic heterocycles. The van der Waals surface area contributed by atoms with E-state index in [2.05, 4.69) is 26.4 Å². The van der Waals surface area contributed by atoms with Crippen LogP contribution in [0.2, 0.25) is 0 Å². The second kappa shape index (κ2) is 3.32. The molecule has 1 aromatic rings. The molecule has 0 spiro atoms. The number of anilines is 1. The summed E-state index contributed by atoms with van der Waals surface area (Å²) in [5.41, 5.74) is 1.03. The van der Waals surface area contributed by atoms with Gasteiger partial charge in [-0.25, -0.2) is 0 Å². The van der Waals surface area contributed by atoms with E-state index in [1.54, 1.807) is 7.05 Å². The Bertz CT molecular complexity index is 365. The SMILES string of the molecule is CN=C1NCCN1c1cc(C)nn1C. The summed E-state index contributed by atoms with van der Waals surface area (Å²) in [7, 11) is 3.75. The molecule has 76 valence electrons. The van der Waals surface area contributed by atoms with Crippen LogP contribution >= 0.6 is 0 Å². The van der Waals surface area contributed by atoms with Gasteiger partial charge in [0.05, 0.1) is 5.69 Å². The monoisotopic (exact) mass is 193 g/mol. The molecule has 0 saturated carbocycles. The van der Waals surface area contributed by atoms with E-state index in [1.807, 2.05) is 18.7 Å². The molecule has 1 fully saturated rings. The molecule has 2 heterocycles. The highest BCUT2D eigenvalue weighted by atomic mass is 15.4. The normalized spacial score (nSPS) is 19.1. The molecule has 0 aromatic carbocycles. The molecular weight excluding hydrogens is 178 g/mol. The highest BCUT2D eigenvalue weighted by Gasteiger charge is 2.21. The molecule has 1 aliphatic rings. The van der Waals surface area contributed by atoms with Crippen molar-refractivity contribution >= 4 is 11.8 Å². The number of nitrogens with zero attached hydrogens (tertiary/aromatic N) is 4. The molecule has 1 N–H and O–H groups in total. The predicted octanol–water partition coefficient (Wildman–Crippen LogP) is 0.124. The number of nitrogens with one attached hydrogen (secondary N) is 1. The Hall–Kier alpha value is -1.52. The topological polar surface area (TPSA) is 45.5 Å². The zero-order chi connectivity index (χ0) is 10.1. The van der Waals surface area contributed by atoms with Gasteiger partial charge in [0.25, 0.3) is 0 Å². The molecule has 5 nitrogen and oxygen atoms in total. The molecule has 0 unspecified atom stereocenters. The third-order valence-corrected chi connectivity index (χ3v) is 2.34. The molecule has 1 saturated heterocycles. The summed E-state index contributed by atoms with van der Waals surface area (Å²) in [6, 6.07) is 2.07. The standard InChI is InChI=1S/C9H15N5/c1-7-6-8(13(3)12-7)14-5-4-11-9(14)10-2/h6H,4-5H2,1-3H3,(H,10,11). The largest absolute Gasteiger partial charge is 0.354 e. The smallest absolute Gasteiger partial charge is 0.199 e. The van der Waals surface area contributed by atoms with Gasteiger partial charge in [-0.1, -0.05) is 0 Å². The molecule has 2 rings (SSSR count). The number of aliphatic imine (C=N–C) groups is 1. The third-order valence-electron chi connectivity index (χ3n) is 2.34. The first-order chi connectivity index (χ1) is 6.72. The summed E-state index contributed by atoms with van der Waals surface area (Å²) in [6.07, 6.45) is 0. The summed E-state index contributed by atoms with van der Waals surface area (Å²) in [5, 5.41) is 7.54. The molecular formula is C9H15N5. The molecule has 0 atom stereocenters. The molecule has 1 aliphatic heterocycles. The average molecular weight is 193 g/mol. The zero-order valence-electron chi connectivity index (χ0n) is 8.78. The zero-order valence-corrected chi connectivity index (χ0v) is 8.78. The van der Waals surface area contributed by atoms with Gasteiger partial charge in [0.1, 0.15) is 5.82 Å². The Labute approximate surface area is 83.4 Å². The summed E-state index contributed by atoms with van der Waals surface area (Å²) < 4.78 is 1.88. The van der Waals surface area contributed by atoms with Crippen molar-refractivity contribution in [2.75, 3.05) is 25.0 Å². The van der Waals surface area contributed by atoms with Gasteiger partial charge in [0.15, 0.2) is 5.96 Å². The Balaban J connectivity index is 2.35. The number of aryl methyl sites for hydroxylation is 2. The van der Waals surface area contributed by atoms with Gasteiger partial charge in [-0.05, 0) is 6.92 Å². The van der Waals surface area contributed by atoms with Crippen molar-refractivity contribution in [1.82, 2.24) is 15.1 Å². The first kappa shape index (κ1) is 9.05. The van der Waals surface area contributed by atoms with E-state index in [0.29, 0.717) is 0 Å². The van der Waals surface area contributed by atoms with Crippen LogP contribution in [0.5, 0.6) is 0 Å². The lowest BCUT2D eigenvalue weighted by Gasteiger charge is -2.16. The van der Waals surface area contributed by atoms with Gasteiger partial charge in [-0.3, -0.25) is 14.6 Å². The number of rotatable bonds is 1. The second-order valence-electron chi connectivity index (χ2n) is 3.39. The van der Waals surface area contributed by atoms with E-state index < -0.39 is 0 Å². The minimum absolute atomic E-state index is 0.924. The minimum Gasteiger partial charge on any atom is -0.354 e. The highest BCUT2D eigenvalue weighted by molar-refractivity contribution is 5.97. The molecule has 0 amide bonds. The third kappa shape index (κ3) is 1.34. The molecule has 0 bridgehead atoms. The quantitative estimate of drug-likeness (QED) is 0.689. The Kier molecular flexibility index (Phi) is 2.15. The fourth-order valence-corrected chi connectivity index (χ4v) is 1.75. The molecule has 5 heteroatoms. The van der Waals surface area contributed by atoms with E-state index in [4.69, 9.17) is 0 Å². The van der Waals surface area contributed by atoms with E-state index in [1.165, 1.54) is 0 Å². The maximum atomic E-state index is 4.32. The summed E-state index contributed by atoms with van der Waals surface area (Å²) in [5.74, 6) is 2.01. The molecule has 0 aliphatic carbocycles. The van der Waals surface area contributed by atoms with Gasteiger partial charge in [-0.2, -0.15) is 5.10 Å². The van der Waals surface area contributed by atoms with Gasteiger partial charge in [0.2, 0.25) is 0 Å². The van der Waals surface area contributed by atoms with Gasteiger partial charge < -0.3 is 5.32 Å². The van der Waals surface area contributed by atoms with Crippen LogP contribution in [0.15, 0.2) is 11.1 Å². The van der Waals surface area contributed by atoms with E-state index >= 15 is 0 Å². The van der Waals surface area contributed by atoms with Crippen molar-refractivity contribution in [1.29, 1.82) is 0 Å². The summed E-state index contributed by atoms with van der Waals surface area (Å²) in [6.45, 7) is 3.89. The first-order valence-corrected chi connectivity index (χ1v) is 4.71. The van der Waals surface area contributed by atoms with Gasteiger partial charge in [-0.15, -0.1) is 0 Å². The van der Waals surface area contributed by atoms with Gasteiger partial charge >= 0.3 is 0 Å². The van der Waals surface area contributed by atoms with Crippen molar-refractivity contribution in [3.8, 4) is 0 Å². The lowest BCUT2D eigenvalue weighted by Crippen LogP contribution is -2.31. The predicted molar refractivity (Wildman–Crippen MR) is 56.7 cm³/mol. The van der Waals surface area contributed by atoms with E-state index in [-0.39, 0.29) is 0 Å². The number of hydrogen-bond donors (Lipinski definition) is 1. The van der Waals surface area contributed by atoms with Crippen molar-refractivity contribution in [2.45, 2.75) is 6.92 Å². The van der Waals surface area contributed by atoms with Crippen LogP contribution in [0.4, 0.5) is 5.82 Å². The number of guanidine groups is 1. The fraction of sp³-hybridized carbons (Fsp3) is 0.556. The average Bonchev–Trinajstić information content (AvgIpc) is 2.71. The number of hydrogen-bond acceptors (Lipinski definition) is 2. The highest BCUT2D eigenvalue weighted by Crippen LogP contribution is 2.16. The molecule has 0 radical (unpaired) electrons. The maximum Gasteiger partial charge on any atom is 0.199 e. The van der Waals surface area contributed by atoms with E-state index in [0.717, 1.165) is 30.6 Å². The summed E-state index contributed by atoms with van der Waals surface area (Å²) in [4.78, 5) is 6.32. The van der Waals surface area contributed by atoms with E-state index in [9.17, 15) is 0 Å². The summed E-state index contributed by atoms with van der Waals surface area (Å²) >= 11 is 0. The maximum absolute atomic E-state index is 4.32. The van der Waals surface area contributed by atoms with Crippen LogP contribution in [-0.4, -0.2) is 35.9 Å². The van der Waals surface area contributed by atoms with Gasteiger partial charge in [0, 0.05) is 33.3 Å². The fourth-order valence-electron chi connectivity index (χ4n) is 1.75. The Morgan fingerprint density at radius 2 is 2.36 bits per heavy atom. The Morgan fingerprint density at radius 3 is 2.93 bits per heavy atom.